The van der Waals surface area contributed by atoms with Crippen LogP contribution in [0.5, 0.6) is 5.75 Å². The standard InChI is InChI=1S/C15H13N3O4S/c1-8(19)16-15-18-12(7-23-15)14(21)22-10-3-4-11-9(6-10)2-5-13(20)17-11/h3-4,6-7H,2,5H2,1H3,(H,17,20)(H,16,18,19). The van der Waals surface area contributed by atoms with E-state index in [-0.39, 0.29) is 17.5 Å². The number of fused-ring (bicyclic) bond motifs is 1. The molecule has 1 aliphatic heterocycles. The Morgan fingerprint density at radius 3 is 2.96 bits per heavy atom. The van der Waals surface area contributed by atoms with Crippen LogP contribution >= 0.6 is 11.3 Å². The number of rotatable bonds is 3. The van der Waals surface area contributed by atoms with E-state index in [0.29, 0.717) is 23.7 Å². The molecular weight excluding hydrogens is 318 g/mol. The van der Waals surface area contributed by atoms with Gasteiger partial charge < -0.3 is 15.4 Å². The van der Waals surface area contributed by atoms with Gasteiger partial charge in [0.05, 0.1) is 0 Å². The number of carbonyl (C=O) groups excluding carboxylic acids is 3. The molecule has 0 radical (unpaired) electrons. The van der Waals surface area contributed by atoms with Gasteiger partial charge in [0.25, 0.3) is 0 Å². The molecule has 0 unspecified atom stereocenters. The number of carbonyl (C=O) groups is 3. The Balaban J connectivity index is 1.71. The fourth-order valence-electron chi connectivity index (χ4n) is 2.16. The van der Waals surface area contributed by atoms with Gasteiger partial charge >= 0.3 is 5.97 Å². The maximum absolute atomic E-state index is 12.1. The third-order valence-corrected chi connectivity index (χ3v) is 3.94. The molecule has 1 aliphatic rings. The highest BCUT2D eigenvalue weighted by Gasteiger charge is 2.18. The summed E-state index contributed by atoms with van der Waals surface area (Å²) in [5.74, 6) is -0.483. The lowest BCUT2D eigenvalue weighted by Gasteiger charge is -2.17. The maximum Gasteiger partial charge on any atom is 0.363 e. The molecule has 2 amide bonds. The summed E-state index contributed by atoms with van der Waals surface area (Å²) in [5.41, 5.74) is 1.79. The lowest BCUT2D eigenvalue weighted by molar-refractivity contribution is -0.116. The van der Waals surface area contributed by atoms with Crippen molar-refractivity contribution < 1.29 is 19.1 Å². The highest BCUT2D eigenvalue weighted by atomic mass is 32.1. The van der Waals surface area contributed by atoms with Gasteiger partial charge in [-0.25, -0.2) is 9.78 Å². The Kier molecular flexibility index (Phi) is 4.07. The number of hydrogen-bond donors (Lipinski definition) is 2. The third kappa shape index (κ3) is 3.54. The lowest BCUT2D eigenvalue weighted by Crippen LogP contribution is -2.19. The Morgan fingerprint density at radius 1 is 1.35 bits per heavy atom. The first-order valence-corrected chi connectivity index (χ1v) is 7.77. The van der Waals surface area contributed by atoms with Crippen molar-refractivity contribution in [2.75, 3.05) is 10.6 Å². The van der Waals surface area contributed by atoms with Gasteiger partial charge in [-0.3, -0.25) is 9.59 Å². The minimum absolute atomic E-state index is 0.0183. The van der Waals surface area contributed by atoms with Gasteiger partial charge in [-0.15, -0.1) is 11.3 Å². The van der Waals surface area contributed by atoms with Crippen LogP contribution in [0.3, 0.4) is 0 Å². The predicted molar refractivity (Wildman–Crippen MR) is 84.8 cm³/mol. The van der Waals surface area contributed by atoms with Crippen LogP contribution in [0.1, 0.15) is 29.4 Å². The quantitative estimate of drug-likeness (QED) is 0.664. The molecule has 0 saturated carbocycles. The van der Waals surface area contributed by atoms with Crippen LogP contribution in [-0.4, -0.2) is 22.8 Å². The molecule has 0 aliphatic carbocycles. The first kappa shape index (κ1) is 15.2. The van der Waals surface area contributed by atoms with Crippen LogP contribution in [-0.2, 0) is 16.0 Å². The zero-order chi connectivity index (χ0) is 16.4. The lowest BCUT2D eigenvalue weighted by atomic mass is 10.0. The summed E-state index contributed by atoms with van der Waals surface area (Å²) in [5, 5.41) is 7.14. The van der Waals surface area contributed by atoms with Gasteiger partial charge in [0.1, 0.15) is 5.75 Å². The van der Waals surface area contributed by atoms with Gasteiger partial charge in [0.15, 0.2) is 10.8 Å². The molecular formula is C15H13N3O4S. The average Bonchev–Trinajstić information content (AvgIpc) is 2.95. The third-order valence-electron chi connectivity index (χ3n) is 3.18. The molecule has 0 bridgehead atoms. The molecule has 118 valence electrons. The first-order chi connectivity index (χ1) is 11.0. The summed E-state index contributed by atoms with van der Waals surface area (Å²) in [4.78, 5) is 38.3. The molecule has 2 N–H and O–H groups in total. The molecule has 23 heavy (non-hydrogen) atoms. The zero-order valence-corrected chi connectivity index (χ0v) is 13.0. The summed E-state index contributed by atoms with van der Waals surface area (Å²) in [6, 6.07) is 5.05. The van der Waals surface area contributed by atoms with Crippen LogP contribution in [0, 0.1) is 0 Å². The van der Waals surface area contributed by atoms with E-state index in [1.165, 1.54) is 12.3 Å². The van der Waals surface area contributed by atoms with E-state index in [0.717, 1.165) is 22.6 Å². The SMILES string of the molecule is CC(=O)Nc1nc(C(=O)Oc2ccc3c(c2)CCC(=O)N3)cs1. The minimum atomic E-state index is -0.599. The van der Waals surface area contributed by atoms with Crippen LogP contribution in [0.25, 0.3) is 0 Å². The van der Waals surface area contributed by atoms with Crippen molar-refractivity contribution in [3.8, 4) is 5.75 Å². The van der Waals surface area contributed by atoms with Crippen molar-refractivity contribution in [1.82, 2.24) is 4.98 Å². The summed E-state index contributed by atoms with van der Waals surface area (Å²) in [6.45, 7) is 1.37. The summed E-state index contributed by atoms with van der Waals surface area (Å²) in [6.07, 6.45) is 1.02. The number of nitrogens with one attached hydrogen (secondary N) is 2. The van der Waals surface area contributed by atoms with Gasteiger partial charge in [0.2, 0.25) is 11.8 Å². The maximum atomic E-state index is 12.1. The largest absolute Gasteiger partial charge is 0.422 e. The Labute approximate surface area is 135 Å². The number of thiazole rings is 1. The van der Waals surface area contributed by atoms with Crippen molar-refractivity contribution in [3.63, 3.8) is 0 Å². The Hall–Kier alpha value is -2.74. The van der Waals surface area contributed by atoms with Gasteiger partial charge in [-0.05, 0) is 30.2 Å². The fourth-order valence-corrected chi connectivity index (χ4v) is 2.88. The van der Waals surface area contributed by atoms with E-state index in [2.05, 4.69) is 15.6 Å². The number of aromatic nitrogens is 1. The number of ether oxygens (including phenoxy) is 1. The second kappa shape index (κ2) is 6.17. The van der Waals surface area contributed by atoms with E-state index in [9.17, 15) is 14.4 Å². The number of aryl methyl sites for hydroxylation is 1. The van der Waals surface area contributed by atoms with Gasteiger partial charge in [-0.2, -0.15) is 0 Å². The number of anilines is 2. The second-order valence-corrected chi connectivity index (χ2v) is 5.83. The molecule has 3 rings (SSSR count). The summed E-state index contributed by atoms with van der Waals surface area (Å²) >= 11 is 1.15. The monoisotopic (exact) mass is 331 g/mol. The van der Waals surface area contributed by atoms with E-state index in [1.807, 2.05) is 0 Å². The number of esters is 1. The molecule has 0 fully saturated rings. The first-order valence-electron chi connectivity index (χ1n) is 6.89. The molecule has 7 nitrogen and oxygen atoms in total. The Bertz CT molecular complexity index is 800. The zero-order valence-electron chi connectivity index (χ0n) is 12.2. The van der Waals surface area contributed by atoms with E-state index in [4.69, 9.17) is 4.74 Å². The summed E-state index contributed by atoms with van der Waals surface area (Å²) < 4.78 is 5.29. The second-order valence-electron chi connectivity index (χ2n) is 4.98. The van der Waals surface area contributed by atoms with E-state index < -0.39 is 5.97 Å². The molecule has 0 spiro atoms. The number of hydrogen-bond acceptors (Lipinski definition) is 6. The van der Waals surface area contributed by atoms with Gasteiger partial charge in [-0.1, -0.05) is 0 Å². The van der Waals surface area contributed by atoms with Crippen molar-refractivity contribution in [2.45, 2.75) is 19.8 Å². The number of nitrogens with zero attached hydrogens (tertiary/aromatic N) is 1. The normalized spacial score (nSPS) is 13.0. The van der Waals surface area contributed by atoms with E-state index in [1.54, 1.807) is 18.2 Å². The van der Waals surface area contributed by atoms with Crippen molar-refractivity contribution in [1.29, 1.82) is 0 Å². The van der Waals surface area contributed by atoms with Crippen LogP contribution < -0.4 is 15.4 Å². The van der Waals surface area contributed by atoms with E-state index >= 15 is 0 Å². The highest BCUT2D eigenvalue weighted by Crippen LogP contribution is 2.27. The topological polar surface area (TPSA) is 97.4 Å². The van der Waals surface area contributed by atoms with Crippen LogP contribution in [0.4, 0.5) is 10.8 Å². The number of amides is 2. The Morgan fingerprint density at radius 2 is 2.17 bits per heavy atom. The van der Waals surface area contributed by atoms with Gasteiger partial charge in [0, 0.05) is 24.4 Å². The molecule has 8 heteroatoms. The predicted octanol–water partition coefficient (Wildman–Crippen LogP) is 2.21. The fraction of sp³-hybridized carbons (Fsp3) is 0.200. The van der Waals surface area contributed by atoms with Crippen molar-refractivity contribution in [2.24, 2.45) is 0 Å². The highest BCUT2D eigenvalue weighted by molar-refractivity contribution is 7.14. The smallest absolute Gasteiger partial charge is 0.363 e. The summed E-state index contributed by atoms with van der Waals surface area (Å²) in [7, 11) is 0. The molecule has 1 aromatic heterocycles. The van der Waals surface area contributed by atoms with Crippen molar-refractivity contribution in [3.05, 3.63) is 34.8 Å². The molecule has 1 aromatic carbocycles. The molecule has 0 atom stereocenters. The molecule has 2 heterocycles. The average molecular weight is 331 g/mol. The van der Waals surface area contributed by atoms with Crippen molar-refractivity contribution >= 4 is 39.9 Å². The van der Waals surface area contributed by atoms with Crippen LogP contribution in [0.15, 0.2) is 23.6 Å². The molecule has 0 saturated heterocycles. The molecule has 2 aromatic rings. The minimum Gasteiger partial charge on any atom is -0.422 e. The van der Waals surface area contributed by atoms with Crippen LogP contribution in [0.2, 0.25) is 0 Å². The number of benzene rings is 1.